The number of carbonyl (C=O) groups is 1. The third kappa shape index (κ3) is 2.79. The monoisotopic (exact) mass is 303 g/mol. The second-order valence-electron chi connectivity index (χ2n) is 4.11. The largest absolute Gasteiger partial charge is 0.349 e. The highest BCUT2D eigenvalue weighted by Crippen LogP contribution is 2.24. The zero-order valence-corrected chi connectivity index (χ0v) is 11.5. The number of aryl methyl sites for hydroxylation is 1. The van der Waals surface area contributed by atoms with E-state index in [4.69, 9.17) is 0 Å². The Kier molecular flexibility index (Phi) is 3.91. The number of hydrogen-bond acceptors (Lipinski definition) is 4. The summed E-state index contributed by atoms with van der Waals surface area (Å²) in [5, 5.41) is 6.90. The lowest BCUT2D eigenvalue weighted by atomic mass is 9.95. The number of halogens is 1. The molecule has 1 aliphatic rings. The molecular weight excluding hydrogens is 290 g/mol. The lowest BCUT2D eigenvalue weighted by Gasteiger charge is -2.25. The Morgan fingerprint density at radius 2 is 2.12 bits per heavy atom. The van der Waals surface area contributed by atoms with Crippen LogP contribution in [0.2, 0.25) is 0 Å². The number of aromatic nitrogens is 2. The second-order valence-corrected chi connectivity index (χ2v) is 6.16. The van der Waals surface area contributed by atoms with E-state index in [0.29, 0.717) is 15.7 Å². The number of rotatable bonds is 2. The number of carbonyl (C=O) groups excluding carboxylic acids is 1. The molecule has 0 bridgehead atoms. The molecule has 1 amide bonds. The highest BCUT2D eigenvalue weighted by atomic mass is 79.9. The van der Waals surface area contributed by atoms with Crippen LogP contribution in [0, 0.1) is 6.92 Å². The Morgan fingerprint density at radius 3 is 2.69 bits per heavy atom. The first-order valence-electron chi connectivity index (χ1n) is 5.40. The zero-order valence-electron chi connectivity index (χ0n) is 9.07. The van der Waals surface area contributed by atoms with Crippen LogP contribution in [0.5, 0.6) is 0 Å². The Bertz CT molecular complexity index is 374. The van der Waals surface area contributed by atoms with Gasteiger partial charge in [0.1, 0.15) is 4.88 Å². The fourth-order valence-corrected chi connectivity index (χ4v) is 2.98. The van der Waals surface area contributed by atoms with Gasteiger partial charge in [0.15, 0.2) is 0 Å². The smallest absolute Gasteiger partial charge is 0.265 e. The highest BCUT2D eigenvalue weighted by Gasteiger charge is 2.22. The first kappa shape index (κ1) is 12.0. The summed E-state index contributed by atoms with van der Waals surface area (Å²) in [6.07, 6.45) is 4.36. The van der Waals surface area contributed by atoms with E-state index in [-0.39, 0.29) is 5.91 Å². The van der Waals surface area contributed by atoms with Crippen LogP contribution in [0.4, 0.5) is 0 Å². The quantitative estimate of drug-likeness (QED) is 0.853. The molecule has 1 saturated carbocycles. The van der Waals surface area contributed by atoms with Crippen LogP contribution < -0.4 is 5.32 Å². The molecule has 0 spiro atoms. The van der Waals surface area contributed by atoms with Crippen molar-refractivity contribution in [3.8, 4) is 0 Å². The van der Waals surface area contributed by atoms with Crippen LogP contribution in [-0.2, 0) is 0 Å². The molecule has 2 rings (SSSR count). The Balaban J connectivity index is 1.91. The molecule has 6 heteroatoms. The van der Waals surface area contributed by atoms with Gasteiger partial charge >= 0.3 is 0 Å². The lowest BCUT2D eigenvalue weighted by molar-refractivity contribution is 0.0931. The minimum atomic E-state index is -0.0227. The van der Waals surface area contributed by atoms with Gasteiger partial charge in [0.2, 0.25) is 0 Å². The topological polar surface area (TPSA) is 54.9 Å². The van der Waals surface area contributed by atoms with Gasteiger partial charge in [-0.15, -0.1) is 5.10 Å². The molecule has 16 heavy (non-hydrogen) atoms. The summed E-state index contributed by atoms with van der Waals surface area (Å²) in [6, 6.07) is 0.308. The summed E-state index contributed by atoms with van der Waals surface area (Å²) in [4.78, 5) is 13.1. The van der Waals surface area contributed by atoms with Crippen LogP contribution in [-0.4, -0.2) is 26.4 Å². The normalized spacial score (nSPS) is 25.4. The maximum atomic E-state index is 11.9. The third-order valence-electron chi connectivity index (χ3n) is 2.85. The number of alkyl halides is 1. The van der Waals surface area contributed by atoms with Crippen LogP contribution in [0.1, 0.15) is 41.0 Å². The minimum Gasteiger partial charge on any atom is -0.349 e. The van der Waals surface area contributed by atoms with Gasteiger partial charge in [0, 0.05) is 10.9 Å². The molecule has 1 heterocycles. The molecule has 0 aromatic carbocycles. The van der Waals surface area contributed by atoms with E-state index in [1.54, 1.807) is 0 Å². The lowest BCUT2D eigenvalue weighted by Crippen LogP contribution is -2.37. The van der Waals surface area contributed by atoms with E-state index in [9.17, 15) is 4.79 Å². The molecule has 88 valence electrons. The van der Waals surface area contributed by atoms with Crippen LogP contribution in [0.25, 0.3) is 0 Å². The predicted octanol–water partition coefficient (Wildman–Crippen LogP) is 2.28. The maximum absolute atomic E-state index is 11.9. The van der Waals surface area contributed by atoms with Gasteiger partial charge in [-0.05, 0) is 44.1 Å². The summed E-state index contributed by atoms with van der Waals surface area (Å²) in [7, 11) is 0. The van der Waals surface area contributed by atoms with Gasteiger partial charge < -0.3 is 5.32 Å². The summed E-state index contributed by atoms with van der Waals surface area (Å²) in [5.74, 6) is -0.0227. The Hall–Kier alpha value is -0.490. The molecule has 1 aliphatic carbocycles. The van der Waals surface area contributed by atoms with Crippen molar-refractivity contribution in [3.05, 3.63) is 10.6 Å². The summed E-state index contributed by atoms with van der Waals surface area (Å²) in [6.45, 7) is 1.81. The van der Waals surface area contributed by atoms with Gasteiger partial charge in [-0.25, -0.2) is 0 Å². The van der Waals surface area contributed by atoms with Gasteiger partial charge in [0.25, 0.3) is 5.91 Å². The predicted molar refractivity (Wildman–Crippen MR) is 67.1 cm³/mol. The van der Waals surface area contributed by atoms with Crippen LogP contribution in [0.3, 0.4) is 0 Å². The second kappa shape index (κ2) is 5.23. The van der Waals surface area contributed by atoms with Crippen LogP contribution >= 0.6 is 27.5 Å². The van der Waals surface area contributed by atoms with E-state index in [0.717, 1.165) is 42.9 Å². The van der Waals surface area contributed by atoms with Crippen molar-refractivity contribution in [2.45, 2.75) is 43.5 Å². The van der Waals surface area contributed by atoms with Crippen molar-refractivity contribution in [2.24, 2.45) is 0 Å². The van der Waals surface area contributed by atoms with Crippen molar-refractivity contribution in [1.29, 1.82) is 0 Å². The minimum absolute atomic E-state index is 0.0227. The molecule has 1 N–H and O–H groups in total. The average Bonchev–Trinajstić information content (AvgIpc) is 2.68. The van der Waals surface area contributed by atoms with E-state index in [1.165, 1.54) is 0 Å². The van der Waals surface area contributed by atoms with Crippen molar-refractivity contribution in [2.75, 3.05) is 0 Å². The fourth-order valence-electron chi connectivity index (χ4n) is 1.89. The van der Waals surface area contributed by atoms with Crippen molar-refractivity contribution >= 4 is 33.4 Å². The average molecular weight is 304 g/mol. The molecule has 4 nitrogen and oxygen atoms in total. The third-order valence-corrected chi connectivity index (χ3v) is 4.59. The number of amides is 1. The Labute approximate surface area is 107 Å². The molecular formula is C10H14BrN3OS. The summed E-state index contributed by atoms with van der Waals surface area (Å²) < 4.78 is 3.77. The van der Waals surface area contributed by atoms with Crippen molar-refractivity contribution < 1.29 is 4.79 Å². The summed E-state index contributed by atoms with van der Waals surface area (Å²) >= 11 is 4.77. The fraction of sp³-hybridized carbons (Fsp3) is 0.700. The molecule has 0 saturated heterocycles. The molecule has 0 atom stereocenters. The Morgan fingerprint density at radius 1 is 1.44 bits per heavy atom. The molecule has 1 aromatic heterocycles. The molecule has 1 aromatic rings. The first-order chi connectivity index (χ1) is 7.66. The summed E-state index contributed by atoms with van der Waals surface area (Å²) in [5.41, 5.74) is 0.719. The van der Waals surface area contributed by atoms with Gasteiger partial charge in [-0.1, -0.05) is 20.4 Å². The van der Waals surface area contributed by atoms with Crippen molar-refractivity contribution in [3.63, 3.8) is 0 Å². The molecule has 0 unspecified atom stereocenters. The SMILES string of the molecule is Cc1nnsc1C(=O)NC1CCC(Br)CC1. The van der Waals surface area contributed by atoms with E-state index in [1.807, 2.05) is 6.92 Å². The highest BCUT2D eigenvalue weighted by molar-refractivity contribution is 9.09. The number of nitrogens with zero attached hydrogens (tertiary/aromatic N) is 2. The van der Waals surface area contributed by atoms with Gasteiger partial charge in [0.05, 0.1) is 5.69 Å². The van der Waals surface area contributed by atoms with E-state index < -0.39 is 0 Å². The molecule has 0 aliphatic heterocycles. The van der Waals surface area contributed by atoms with E-state index >= 15 is 0 Å². The van der Waals surface area contributed by atoms with Gasteiger partial charge in [-0.3, -0.25) is 4.79 Å². The van der Waals surface area contributed by atoms with Crippen molar-refractivity contribution in [1.82, 2.24) is 14.9 Å². The first-order valence-corrected chi connectivity index (χ1v) is 7.09. The number of nitrogens with one attached hydrogen (secondary N) is 1. The van der Waals surface area contributed by atoms with E-state index in [2.05, 4.69) is 30.8 Å². The zero-order chi connectivity index (χ0) is 11.5. The standard InChI is InChI=1S/C10H14BrN3OS/c1-6-9(16-14-13-6)10(15)12-8-4-2-7(11)3-5-8/h7-8H,2-5H2,1H3,(H,12,15). The molecule has 1 fully saturated rings. The van der Waals surface area contributed by atoms with Gasteiger partial charge in [-0.2, -0.15) is 0 Å². The molecule has 0 radical (unpaired) electrons. The maximum Gasteiger partial charge on any atom is 0.265 e. The van der Waals surface area contributed by atoms with Crippen LogP contribution in [0.15, 0.2) is 0 Å². The number of hydrogen-bond donors (Lipinski definition) is 1.